The Morgan fingerprint density at radius 2 is 2.05 bits per heavy atom. The molecule has 0 saturated carbocycles. The molecule has 1 aromatic carbocycles. The van der Waals surface area contributed by atoms with Gasteiger partial charge in [0.25, 0.3) is 0 Å². The number of nitrogen functional groups attached to an aromatic ring is 1. The van der Waals surface area contributed by atoms with Gasteiger partial charge in [0.2, 0.25) is 10.0 Å². The van der Waals surface area contributed by atoms with Crippen molar-refractivity contribution in [3.63, 3.8) is 0 Å². The van der Waals surface area contributed by atoms with E-state index in [-0.39, 0.29) is 22.2 Å². The third kappa shape index (κ3) is 4.61. The molecule has 8 heteroatoms. The number of nitrogens with two attached hydrogens (primary N) is 1. The first-order valence-electron chi connectivity index (χ1n) is 5.63. The van der Waals surface area contributed by atoms with Crippen molar-refractivity contribution in [2.75, 3.05) is 32.9 Å². The fraction of sp³-hybridized carbons (Fsp3) is 0.455. The van der Waals surface area contributed by atoms with Crippen molar-refractivity contribution in [1.29, 1.82) is 0 Å². The molecule has 0 amide bonds. The van der Waals surface area contributed by atoms with Crippen LogP contribution < -0.4 is 10.5 Å². The molecule has 1 rings (SSSR count). The van der Waals surface area contributed by atoms with Crippen molar-refractivity contribution >= 4 is 27.3 Å². The largest absolute Gasteiger partial charge is 0.396 e. The number of halogens is 2. The summed E-state index contributed by atoms with van der Waals surface area (Å²) in [6.07, 6.45) is 0.653. The first-order valence-corrected chi connectivity index (χ1v) is 7.49. The molecule has 0 atom stereocenters. The van der Waals surface area contributed by atoms with Gasteiger partial charge in [0, 0.05) is 6.54 Å². The minimum Gasteiger partial charge on any atom is -0.396 e. The van der Waals surface area contributed by atoms with Crippen LogP contribution in [0.2, 0.25) is 5.02 Å². The second-order valence-corrected chi connectivity index (χ2v) is 6.50. The topological polar surface area (TPSA) is 75.4 Å². The molecule has 0 aliphatic heterocycles. The summed E-state index contributed by atoms with van der Waals surface area (Å²) in [7, 11) is 0.0145. The van der Waals surface area contributed by atoms with Crippen molar-refractivity contribution in [1.82, 2.24) is 9.62 Å². The van der Waals surface area contributed by atoms with Crippen LogP contribution in [0.1, 0.15) is 6.42 Å². The number of hydrogen-bond donors (Lipinski definition) is 2. The number of hydrogen-bond acceptors (Lipinski definition) is 4. The number of anilines is 1. The van der Waals surface area contributed by atoms with Gasteiger partial charge >= 0.3 is 0 Å². The molecule has 0 aliphatic carbocycles. The SMILES string of the molecule is CN(C)CCCNS(=O)(=O)c1cc(N)c(F)cc1Cl. The molecule has 0 saturated heterocycles. The number of benzene rings is 1. The van der Waals surface area contributed by atoms with Crippen molar-refractivity contribution in [3.05, 3.63) is 23.0 Å². The van der Waals surface area contributed by atoms with E-state index in [9.17, 15) is 12.8 Å². The molecule has 5 nitrogen and oxygen atoms in total. The molecule has 0 heterocycles. The summed E-state index contributed by atoms with van der Waals surface area (Å²) in [6.45, 7) is 1.02. The van der Waals surface area contributed by atoms with E-state index < -0.39 is 15.8 Å². The standard InChI is InChI=1S/C11H17ClFN3O2S/c1-16(2)5-3-4-15-19(17,18)11-7-10(14)9(13)6-8(11)12/h6-7,15H,3-5,14H2,1-2H3. The van der Waals surface area contributed by atoms with Crippen LogP contribution in [-0.4, -0.2) is 40.5 Å². The maximum absolute atomic E-state index is 13.1. The van der Waals surface area contributed by atoms with E-state index in [1.54, 1.807) is 0 Å². The molecule has 0 unspecified atom stereocenters. The van der Waals surface area contributed by atoms with Gasteiger partial charge in [-0.15, -0.1) is 0 Å². The van der Waals surface area contributed by atoms with Crippen molar-refractivity contribution < 1.29 is 12.8 Å². The third-order valence-electron chi connectivity index (χ3n) is 2.41. The number of sulfonamides is 1. The van der Waals surface area contributed by atoms with Gasteiger partial charge < -0.3 is 10.6 Å². The predicted molar refractivity (Wildman–Crippen MR) is 74.2 cm³/mol. The van der Waals surface area contributed by atoms with Crippen LogP contribution in [0.4, 0.5) is 10.1 Å². The monoisotopic (exact) mass is 309 g/mol. The number of rotatable bonds is 6. The van der Waals surface area contributed by atoms with E-state index in [0.29, 0.717) is 6.42 Å². The van der Waals surface area contributed by atoms with Crippen LogP contribution in [0.15, 0.2) is 17.0 Å². The Kier molecular flexibility index (Phi) is 5.54. The van der Waals surface area contributed by atoms with Gasteiger partial charge in [-0.2, -0.15) is 0 Å². The lowest BCUT2D eigenvalue weighted by molar-refractivity contribution is 0.400. The minimum atomic E-state index is -3.78. The zero-order valence-electron chi connectivity index (χ0n) is 10.8. The fourth-order valence-electron chi connectivity index (χ4n) is 1.43. The van der Waals surface area contributed by atoms with E-state index in [2.05, 4.69) is 4.72 Å². The summed E-state index contributed by atoms with van der Waals surface area (Å²) >= 11 is 5.73. The first-order chi connectivity index (χ1) is 8.74. The summed E-state index contributed by atoms with van der Waals surface area (Å²) < 4.78 is 39.5. The number of nitrogens with one attached hydrogen (secondary N) is 1. The lowest BCUT2D eigenvalue weighted by atomic mass is 10.3. The molecular formula is C11H17ClFN3O2S. The summed E-state index contributed by atoms with van der Waals surface area (Å²) in [4.78, 5) is 1.73. The Labute approximate surface area is 117 Å². The van der Waals surface area contributed by atoms with Crippen molar-refractivity contribution in [3.8, 4) is 0 Å². The zero-order valence-corrected chi connectivity index (χ0v) is 12.4. The van der Waals surface area contributed by atoms with Crippen molar-refractivity contribution in [2.24, 2.45) is 0 Å². The molecule has 0 radical (unpaired) electrons. The van der Waals surface area contributed by atoms with Gasteiger partial charge in [0.05, 0.1) is 10.7 Å². The lowest BCUT2D eigenvalue weighted by Crippen LogP contribution is -2.27. The summed E-state index contributed by atoms with van der Waals surface area (Å²) in [5.74, 6) is -0.739. The maximum Gasteiger partial charge on any atom is 0.242 e. The van der Waals surface area contributed by atoms with Crippen LogP contribution in [0.5, 0.6) is 0 Å². The van der Waals surface area contributed by atoms with E-state index in [1.807, 2.05) is 19.0 Å². The Balaban J connectivity index is 2.80. The molecule has 3 N–H and O–H groups in total. The van der Waals surface area contributed by atoms with Crippen LogP contribution in [0.25, 0.3) is 0 Å². The van der Waals surface area contributed by atoms with E-state index >= 15 is 0 Å². The highest BCUT2D eigenvalue weighted by molar-refractivity contribution is 7.89. The molecule has 0 bridgehead atoms. The zero-order chi connectivity index (χ0) is 14.6. The second kappa shape index (κ2) is 6.51. The second-order valence-electron chi connectivity index (χ2n) is 4.36. The van der Waals surface area contributed by atoms with Crippen molar-refractivity contribution in [2.45, 2.75) is 11.3 Å². The van der Waals surface area contributed by atoms with Crippen LogP contribution >= 0.6 is 11.6 Å². The van der Waals surface area contributed by atoms with Gasteiger partial charge in [0.15, 0.2) is 0 Å². The Morgan fingerprint density at radius 1 is 1.42 bits per heavy atom. The lowest BCUT2D eigenvalue weighted by Gasteiger charge is -2.11. The summed E-state index contributed by atoms with van der Waals surface area (Å²) in [6, 6.07) is 1.91. The predicted octanol–water partition coefficient (Wildman–Crippen LogP) is 1.29. The van der Waals surface area contributed by atoms with Crippen LogP contribution in [0, 0.1) is 5.82 Å². The first kappa shape index (κ1) is 16.2. The fourth-order valence-corrected chi connectivity index (χ4v) is 3.05. The average Bonchev–Trinajstić information content (AvgIpc) is 2.29. The molecular weight excluding hydrogens is 293 g/mol. The number of nitrogens with zero attached hydrogens (tertiary/aromatic N) is 1. The van der Waals surface area contributed by atoms with E-state index in [0.717, 1.165) is 18.7 Å². The van der Waals surface area contributed by atoms with Crippen LogP contribution in [0.3, 0.4) is 0 Å². The Hall–Kier alpha value is -0.890. The van der Waals surface area contributed by atoms with Crippen LogP contribution in [-0.2, 0) is 10.0 Å². The quantitative estimate of drug-likeness (QED) is 0.613. The Morgan fingerprint density at radius 3 is 2.63 bits per heavy atom. The summed E-state index contributed by atoms with van der Waals surface area (Å²) in [5.41, 5.74) is 5.10. The molecule has 1 aromatic rings. The molecule has 0 aromatic heterocycles. The maximum atomic E-state index is 13.1. The Bertz CT molecular complexity index is 549. The highest BCUT2D eigenvalue weighted by Gasteiger charge is 2.19. The highest BCUT2D eigenvalue weighted by Crippen LogP contribution is 2.26. The normalized spacial score (nSPS) is 12.1. The minimum absolute atomic E-state index is 0.188. The molecule has 0 aliphatic rings. The average molecular weight is 310 g/mol. The van der Waals surface area contributed by atoms with E-state index in [1.165, 1.54) is 0 Å². The van der Waals surface area contributed by atoms with Gasteiger partial charge in [-0.3, -0.25) is 0 Å². The van der Waals surface area contributed by atoms with Gasteiger partial charge in [-0.25, -0.2) is 17.5 Å². The van der Waals surface area contributed by atoms with Gasteiger partial charge in [-0.05, 0) is 39.2 Å². The van der Waals surface area contributed by atoms with E-state index in [4.69, 9.17) is 17.3 Å². The highest BCUT2D eigenvalue weighted by atomic mass is 35.5. The summed E-state index contributed by atoms with van der Waals surface area (Å²) in [5, 5.41) is -0.188. The molecule has 0 spiro atoms. The smallest absolute Gasteiger partial charge is 0.242 e. The molecule has 108 valence electrons. The van der Waals surface area contributed by atoms with Gasteiger partial charge in [-0.1, -0.05) is 11.6 Å². The third-order valence-corrected chi connectivity index (χ3v) is 4.34. The van der Waals surface area contributed by atoms with Gasteiger partial charge in [0.1, 0.15) is 10.7 Å². The molecule has 19 heavy (non-hydrogen) atoms. The molecule has 0 fully saturated rings.